The van der Waals surface area contributed by atoms with Crippen molar-refractivity contribution in [2.24, 2.45) is 0 Å². The van der Waals surface area contributed by atoms with Crippen LogP contribution in [-0.4, -0.2) is 51.7 Å². The Morgan fingerprint density at radius 3 is 2.74 bits per heavy atom. The highest BCUT2D eigenvalue weighted by Gasteiger charge is 2.36. The first-order valence-electron chi connectivity index (χ1n) is 8.45. The van der Waals surface area contributed by atoms with Crippen LogP contribution in [0.5, 0.6) is 5.88 Å². The van der Waals surface area contributed by atoms with Crippen molar-refractivity contribution in [3.05, 3.63) is 23.9 Å². The highest BCUT2D eigenvalue weighted by atomic mass is 19.4. The zero-order chi connectivity index (χ0) is 20.2. The fraction of sp³-hybridized carbons (Fsp3) is 0.588. The maximum Gasteiger partial charge on any atom is 0.421 e. The van der Waals surface area contributed by atoms with Gasteiger partial charge in [0.1, 0.15) is 12.2 Å². The molecule has 0 aromatic carbocycles. The Morgan fingerprint density at radius 1 is 1.41 bits per heavy atom. The van der Waals surface area contributed by atoms with Gasteiger partial charge in [-0.25, -0.2) is 9.78 Å². The molecule has 0 bridgehead atoms. The molecule has 1 fully saturated rings. The van der Waals surface area contributed by atoms with Crippen LogP contribution in [0.15, 0.2) is 18.3 Å². The van der Waals surface area contributed by atoms with Gasteiger partial charge in [-0.3, -0.25) is 4.79 Å². The van der Waals surface area contributed by atoms with Gasteiger partial charge in [0.05, 0.1) is 5.54 Å². The fourth-order valence-electron chi connectivity index (χ4n) is 2.95. The Kier molecular flexibility index (Phi) is 6.17. The number of aromatic nitrogens is 1. The molecule has 27 heavy (non-hydrogen) atoms. The molecule has 2 rings (SSSR count). The summed E-state index contributed by atoms with van der Waals surface area (Å²) in [4.78, 5) is 28.2. The first kappa shape index (κ1) is 20.8. The van der Waals surface area contributed by atoms with E-state index in [-0.39, 0.29) is 18.9 Å². The second-order valence-electron chi connectivity index (χ2n) is 7.05. The third-order valence-electron chi connectivity index (χ3n) is 4.17. The van der Waals surface area contributed by atoms with Gasteiger partial charge in [0.15, 0.2) is 0 Å². The number of rotatable bonds is 6. The van der Waals surface area contributed by atoms with Gasteiger partial charge in [-0.15, -0.1) is 0 Å². The van der Waals surface area contributed by atoms with E-state index in [0.29, 0.717) is 19.4 Å². The molecule has 150 valence electrons. The van der Waals surface area contributed by atoms with Crippen LogP contribution in [0.3, 0.4) is 0 Å². The predicted octanol–water partition coefficient (Wildman–Crippen LogP) is 2.91. The number of amides is 2. The number of pyridine rings is 1. The number of ether oxygens (including phenoxy) is 1. The standard InChI is InChI=1S/C17H22F3N3O4/c1-16(2,10-27-14-12(17(18,19)20)6-3-7-21-14)22-13(24)9-11-5-4-8-23(11)15(25)26/h3,6-7,11H,4-5,8-10H2,1-2H3,(H,22,24)(H,25,26). The summed E-state index contributed by atoms with van der Waals surface area (Å²) in [5.74, 6) is -0.945. The monoisotopic (exact) mass is 389 g/mol. The maximum atomic E-state index is 13.0. The van der Waals surface area contributed by atoms with Crippen LogP contribution < -0.4 is 10.1 Å². The Labute approximate surface area is 154 Å². The van der Waals surface area contributed by atoms with Crippen molar-refractivity contribution in [2.75, 3.05) is 13.2 Å². The minimum Gasteiger partial charge on any atom is -0.475 e. The lowest BCUT2D eigenvalue weighted by atomic mass is 10.1. The summed E-state index contributed by atoms with van der Waals surface area (Å²) in [6, 6.07) is 1.64. The average molecular weight is 389 g/mol. The second-order valence-corrected chi connectivity index (χ2v) is 7.05. The lowest BCUT2D eigenvalue weighted by Gasteiger charge is -2.28. The van der Waals surface area contributed by atoms with Crippen molar-refractivity contribution < 1.29 is 32.6 Å². The van der Waals surface area contributed by atoms with Crippen molar-refractivity contribution in [3.8, 4) is 5.88 Å². The number of carbonyl (C=O) groups is 2. The number of alkyl halides is 3. The van der Waals surface area contributed by atoms with Crippen molar-refractivity contribution in [3.63, 3.8) is 0 Å². The smallest absolute Gasteiger partial charge is 0.421 e. The van der Waals surface area contributed by atoms with Crippen molar-refractivity contribution in [1.29, 1.82) is 0 Å². The maximum absolute atomic E-state index is 13.0. The van der Waals surface area contributed by atoms with Gasteiger partial charge in [-0.1, -0.05) is 0 Å². The number of nitrogens with one attached hydrogen (secondary N) is 1. The number of halogens is 3. The molecule has 1 aromatic heterocycles. The number of hydrogen-bond donors (Lipinski definition) is 2. The summed E-state index contributed by atoms with van der Waals surface area (Å²) in [7, 11) is 0. The molecular weight excluding hydrogens is 367 g/mol. The van der Waals surface area contributed by atoms with Gasteiger partial charge in [0.25, 0.3) is 0 Å². The largest absolute Gasteiger partial charge is 0.475 e. The zero-order valence-corrected chi connectivity index (χ0v) is 15.0. The van der Waals surface area contributed by atoms with Gasteiger partial charge in [-0.2, -0.15) is 13.2 Å². The quantitative estimate of drug-likeness (QED) is 0.781. The first-order chi connectivity index (χ1) is 12.5. The summed E-state index contributed by atoms with van der Waals surface area (Å²) >= 11 is 0. The fourth-order valence-corrected chi connectivity index (χ4v) is 2.95. The molecule has 7 nitrogen and oxygen atoms in total. The van der Waals surface area contributed by atoms with Crippen LogP contribution >= 0.6 is 0 Å². The summed E-state index contributed by atoms with van der Waals surface area (Å²) < 4.78 is 44.1. The normalized spacial score (nSPS) is 17.7. The Bertz CT molecular complexity index is 694. The molecule has 0 spiro atoms. The van der Waals surface area contributed by atoms with Gasteiger partial charge in [0.2, 0.25) is 11.8 Å². The van der Waals surface area contributed by atoms with Gasteiger partial charge < -0.3 is 20.1 Å². The molecule has 1 aliphatic rings. The number of carbonyl (C=O) groups excluding carboxylic acids is 1. The Hall–Kier alpha value is -2.52. The van der Waals surface area contributed by atoms with E-state index in [1.165, 1.54) is 17.2 Å². The minimum atomic E-state index is -4.60. The summed E-state index contributed by atoms with van der Waals surface area (Å²) in [6.45, 7) is 3.36. The summed E-state index contributed by atoms with van der Waals surface area (Å²) in [5, 5.41) is 11.8. The lowest BCUT2D eigenvalue weighted by Crippen LogP contribution is -2.49. The third-order valence-corrected chi connectivity index (χ3v) is 4.17. The van der Waals surface area contributed by atoms with Crippen molar-refractivity contribution >= 4 is 12.0 Å². The molecule has 2 heterocycles. The minimum absolute atomic E-state index is 0.00683. The lowest BCUT2D eigenvalue weighted by molar-refractivity contribution is -0.139. The van der Waals surface area contributed by atoms with Gasteiger partial charge in [0, 0.05) is 25.2 Å². The van der Waals surface area contributed by atoms with Crippen LogP contribution in [-0.2, 0) is 11.0 Å². The summed E-state index contributed by atoms with van der Waals surface area (Å²) in [5.41, 5.74) is -1.96. The molecular formula is C17H22F3N3O4. The predicted molar refractivity (Wildman–Crippen MR) is 89.3 cm³/mol. The molecule has 0 aliphatic carbocycles. The molecule has 10 heteroatoms. The van der Waals surface area contributed by atoms with Crippen molar-refractivity contribution in [1.82, 2.24) is 15.2 Å². The van der Waals surface area contributed by atoms with Crippen LogP contribution in [0.2, 0.25) is 0 Å². The van der Waals surface area contributed by atoms with Gasteiger partial charge in [-0.05, 0) is 38.8 Å². The van der Waals surface area contributed by atoms with Crippen LogP contribution in [0.4, 0.5) is 18.0 Å². The third kappa shape index (κ3) is 5.73. The number of nitrogens with zero attached hydrogens (tertiary/aromatic N) is 2. The van der Waals surface area contributed by atoms with E-state index >= 15 is 0 Å². The van der Waals surface area contributed by atoms with Crippen LogP contribution in [0.1, 0.15) is 38.7 Å². The molecule has 1 aromatic rings. The zero-order valence-electron chi connectivity index (χ0n) is 15.0. The number of hydrogen-bond acceptors (Lipinski definition) is 4. The molecule has 1 unspecified atom stereocenters. The van der Waals surface area contributed by atoms with E-state index in [1.54, 1.807) is 13.8 Å². The highest BCUT2D eigenvalue weighted by Crippen LogP contribution is 2.34. The molecule has 1 saturated heterocycles. The molecule has 2 N–H and O–H groups in total. The molecule has 1 aliphatic heterocycles. The SMILES string of the molecule is CC(C)(COc1ncccc1C(F)(F)F)NC(=O)CC1CCCN1C(=O)O. The Balaban J connectivity index is 1.93. The highest BCUT2D eigenvalue weighted by molar-refractivity contribution is 5.78. The summed E-state index contributed by atoms with van der Waals surface area (Å²) in [6.07, 6.45) is -3.19. The van der Waals surface area contributed by atoms with E-state index in [0.717, 1.165) is 6.07 Å². The molecule has 2 amide bonds. The molecule has 1 atom stereocenters. The first-order valence-corrected chi connectivity index (χ1v) is 8.45. The van der Waals surface area contributed by atoms with E-state index < -0.39 is 35.3 Å². The second kappa shape index (κ2) is 8.01. The van der Waals surface area contributed by atoms with E-state index in [4.69, 9.17) is 9.84 Å². The average Bonchev–Trinajstić information content (AvgIpc) is 3.00. The van der Waals surface area contributed by atoms with Gasteiger partial charge >= 0.3 is 12.3 Å². The molecule has 0 saturated carbocycles. The van der Waals surface area contributed by atoms with E-state index in [2.05, 4.69) is 10.3 Å². The number of carboxylic acid groups (broad SMARTS) is 1. The van der Waals surface area contributed by atoms with Crippen LogP contribution in [0.25, 0.3) is 0 Å². The topological polar surface area (TPSA) is 91.8 Å². The number of likely N-dealkylation sites (tertiary alicyclic amines) is 1. The van der Waals surface area contributed by atoms with E-state index in [9.17, 15) is 22.8 Å². The van der Waals surface area contributed by atoms with Crippen molar-refractivity contribution in [2.45, 2.75) is 50.9 Å². The van der Waals surface area contributed by atoms with Crippen LogP contribution in [0, 0.1) is 0 Å². The Morgan fingerprint density at radius 2 is 2.11 bits per heavy atom. The molecule has 0 radical (unpaired) electrons. The van der Waals surface area contributed by atoms with E-state index in [1.807, 2.05) is 0 Å².